The fraction of sp³-hybridized carbons (Fsp3) is 0.538. The van der Waals surface area contributed by atoms with Crippen LogP contribution in [0.2, 0.25) is 5.02 Å². The van der Waals surface area contributed by atoms with Crippen LogP contribution < -0.4 is 20.7 Å². The Morgan fingerprint density at radius 3 is 2.27 bits per heavy atom. The number of aliphatic hydroxyl groups excluding tert-OH is 1. The summed E-state index contributed by atoms with van der Waals surface area (Å²) in [6.07, 6.45) is 2.37. The molecule has 4 N–H and O–H groups in total. The van der Waals surface area contributed by atoms with E-state index in [-0.39, 0.29) is 43.0 Å². The van der Waals surface area contributed by atoms with Crippen LogP contribution in [0.3, 0.4) is 0 Å². The molecule has 2 heterocycles. The van der Waals surface area contributed by atoms with Gasteiger partial charge >= 0.3 is 5.97 Å². The second kappa shape index (κ2) is 16.6. The number of benzene rings is 2. The fourth-order valence-electron chi connectivity index (χ4n) is 6.07. The normalized spacial score (nSPS) is 27.3. The average Bonchev–Trinajstić information content (AvgIpc) is 3.87. The van der Waals surface area contributed by atoms with E-state index in [9.17, 15) is 24.3 Å². The third-order valence-corrected chi connectivity index (χ3v) is 10.0. The second-order valence-electron chi connectivity index (χ2n) is 15.4. The number of carbonyl (C=O) groups excluding carboxylic acids is 4. The van der Waals surface area contributed by atoms with Gasteiger partial charge in [0.2, 0.25) is 17.7 Å². The summed E-state index contributed by atoms with van der Waals surface area (Å²) in [5.41, 5.74) is 0.921. The highest BCUT2D eigenvalue weighted by molar-refractivity contribution is 6.32. The van der Waals surface area contributed by atoms with Crippen molar-refractivity contribution in [3.63, 3.8) is 0 Å². The van der Waals surface area contributed by atoms with E-state index in [1.165, 1.54) is 13.2 Å². The Hall–Kier alpha value is -3.93. The van der Waals surface area contributed by atoms with E-state index in [1.54, 1.807) is 45.0 Å². The summed E-state index contributed by atoms with van der Waals surface area (Å²) in [6.45, 7) is 12.9. The Morgan fingerprint density at radius 2 is 1.67 bits per heavy atom. The minimum Gasteiger partial charge on any atom is -0.495 e. The van der Waals surface area contributed by atoms with E-state index >= 15 is 0 Å². The molecule has 11 nitrogen and oxygen atoms in total. The van der Waals surface area contributed by atoms with Crippen molar-refractivity contribution >= 4 is 35.3 Å². The van der Waals surface area contributed by atoms with Crippen molar-refractivity contribution in [3.8, 4) is 5.75 Å². The number of epoxide rings is 1. The number of ether oxygens (including phenoxy) is 3. The van der Waals surface area contributed by atoms with Crippen LogP contribution in [-0.4, -0.2) is 66.2 Å². The number of cyclic esters (lactones) is 1. The van der Waals surface area contributed by atoms with Gasteiger partial charge in [-0.15, -0.1) is 0 Å². The lowest BCUT2D eigenvalue weighted by atomic mass is 9.82. The van der Waals surface area contributed by atoms with Crippen LogP contribution in [0.25, 0.3) is 0 Å². The zero-order valence-electron chi connectivity index (χ0n) is 30.7. The molecule has 1 fully saturated rings. The van der Waals surface area contributed by atoms with Crippen molar-refractivity contribution in [3.05, 3.63) is 76.3 Å². The quantitative estimate of drug-likeness (QED) is 0.220. The first kappa shape index (κ1) is 39.8. The highest BCUT2D eigenvalue weighted by Crippen LogP contribution is 2.45. The Balaban J connectivity index is 1.65. The number of esters is 1. The number of hydrogen-bond acceptors (Lipinski definition) is 8. The van der Waals surface area contributed by atoms with E-state index in [2.05, 4.69) is 16.0 Å². The smallest absolute Gasteiger partial charge is 0.328 e. The van der Waals surface area contributed by atoms with E-state index in [0.29, 0.717) is 22.8 Å². The number of amides is 3. The van der Waals surface area contributed by atoms with E-state index < -0.39 is 53.3 Å². The monoisotopic (exact) mass is 725 g/mol. The van der Waals surface area contributed by atoms with Gasteiger partial charge in [0.25, 0.3) is 0 Å². The number of nitrogens with one attached hydrogen (secondary N) is 3. The third kappa shape index (κ3) is 10.6. The summed E-state index contributed by atoms with van der Waals surface area (Å²) in [4.78, 5) is 54.8. The highest BCUT2D eigenvalue weighted by Gasteiger charge is 2.48. The summed E-state index contributed by atoms with van der Waals surface area (Å²) >= 11 is 6.36. The molecule has 0 radical (unpaired) electrons. The van der Waals surface area contributed by atoms with Gasteiger partial charge in [0, 0.05) is 24.8 Å². The molecule has 2 aromatic rings. The summed E-state index contributed by atoms with van der Waals surface area (Å²) in [6, 6.07) is 9.97. The Labute approximate surface area is 305 Å². The molecule has 2 aliphatic heterocycles. The molecule has 2 aliphatic rings. The summed E-state index contributed by atoms with van der Waals surface area (Å²) in [7, 11) is 1.51. The molecule has 0 aliphatic carbocycles. The molecule has 0 spiro atoms. The van der Waals surface area contributed by atoms with Crippen LogP contribution in [-0.2, 0) is 41.7 Å². The number of aliphatic hydroxyl groups is 1. The van der Waals surface area contributed by atoms with Gasteiger partial charge in [0.1, 0.15) is 30.0 Å². The van der Waals surface area contributed by atoms with Crippen molar-refractivity contribution in [1.29, 1.82) is 0 Å². The molecule has 1 unspecified atom stereocenters. The molecular formula is C39H52ClN3O8. The van der Waals surface area contributed by atoms with Gasteiger partial charge in [-0.1, -0.05) is 75.7 Å². The van der Waals surface area contributed by atoms with E-state index in [1.807, 2.05) is 52.0 Å². The lowest BCUT2D eigenvalue weighted by molar-refractivity contribution is -0.157. The maximum absolute atomic E-state index is 13.9. The van der Waals surface area contributed by atoms with Crippen LogP contribution >= 0.6 is 11.6 Å². The largest absolute Gasteiger partial charge is 0.495 e. The molecule has 51 heavy (non-hydrogen) atoms. The van der Waals surface area contributed by atoms with Crippen LogP contribution in [0.1, 0.15) is 84.1 Å². The SMILES string of the molecule is COc1ccc(C[C@H]2NC(=O)/C=C\C[C@@H]([C@H](C)[C@H]3O[C@@H]3c3ccc(CO)cc3)OC(=O)[C@H](CC(C)(C)C)NC(=O)C(C)(C)C(C)NC2=O)cc1Cl. The van der Waals surface area contributed by atoms with E-state index in [4.69, 9.17) is 25.8 Å². The van der Waals surface area contributed by atoms with Crippen LogP contribution in [0.4, 0.5) is 0 Å². The topological polar surface area (TPSA) is 156 Å². The molecule has 0 saturated carbocycles. The molecule has 2 aromatic carbocycles. The number of halogens is 1. The maximum Gasteiger partial charge on any atom is 0.328 e. The van der Waals surface area contributed by atoms with Gasteiger partial charge in [-0.05, 0) is 67.5 Å². The first-order valence-corrected chi connectivity index (χ1v) is 17.8. The first-order chi connectivity index (χ1) is 23.9. The number of hydrogen-bond donors (Lipinski definition) is 4. The van der Waals surface area contributed by atoms with Crippen molar-refractivity contribution in [2.75, 3.05) is 7.11 Å². The zero-order chi connectivity index (χ0) is 37.7. The van der Waals surface area contributed by atoms with Gasteiger partial charge in [-0.2, -0.15) is 0 Å². The van der Waals surface area contributed by atoms with Crippen molar-refractivity contribution in [2.24, 2.45) is 16.7 Å². The standard InChI is InChI=1S/C39H52ClN3O8/c1-22(33-34(51-33)26-15-12-24(21-44)13-16-26)30-10-9-11-32(45)42-28(19-25-14-17-31(49-8)27(40)18-25)35(46)41-23(2)39(6,7)37(48)43-29(36(47)50-30)20-38(3,4)5/h9,11-18,22-23,28-30,33-34,44H,10,19-21H2,1-8H3,(H,41,46)(H,42,45)(H,43,48)/b11-9-/t22-,23?,28+,29-,30-,33+,34+/m0/s1. The predicted octanol–water partition coefficient (Wildman–Crippen LogP) is 4.97. The third-order valence-electron chi connectivity index (χ3n) is 9.75. The first-order valence-electron chi connectivity index (χ1n) is 17.4. The van der Waals surface area contributed by atoms with Crippen LogP contribution in [0.15, 0.2) is 54.6 Å². The van der Waals surface area contributed by atoms with E-state index in [0.717, 1.165) is 11.1 Å². The molecule has 278 valence electrons. The molecule has 1 saturated heterocycles. The van der Waals surface area contributed by atoms with Crippen molar-refractivity contribution < 1.29 is 38.5 Å². The summed E-state index contributed by atoms with van der Waals surface area (Å²) in [5, 5.41) is 18.4. The fourth-order valence-corrected chi connectivity index (χ4v) is 6.35. The van der Waals surface area contributed by atoms with Crippen LogP contribution in [0.5, 0.6) is 5.75 Å². The molecule has 7 atom stereocenters. The minimum atomic E-state index is -1.16. The van der Waals surface area contributed by atoms with Crippen molar-refractivity contribution in [2.45, 2.75) is 111 Å². The molecule has 0 aromatic heterocycles. The van der Waals surface area contributed by atoms with Gasteiger partial charge in [0.15, 0.2) is 0 Å². The number of methoxy groups -OCH3 is 1. The molecule has 12 heteroatoms. The lowest BCUT2D eigenvalue weighted by Gasteiger charge is -2.35. The van der Waals surface area contributed by atoms with Crippen LogP contribution in [0, 0.1) is 16.7 Å². The number of carbonyl (C=O) groups is 4. The van der Waals surface area contributed by atoms with Gasteiger partial charge in [-0.3, -0.25) is 14.4 Å². The van der Waals surface area contributed by atoms with Gasteiger partial charge < -0.3 is 35.3 Å². The molecule has 0 bridgehead atoms. The highest BCUT2D eigenvalue weighted by atomic mass is 35.5. The predicted molar refractivity (Wildman–Crippen MR) is 194 cm³/mol. The molecule has 3 amide bonds. The molecule has 4 rings (SSSR count). The zero-order valence-corrected chi connectivity index (χ0v) is 31.5. The molecular weight excluding hydrogens is 674 g/mol. The average molecular weight is 726 g/mol. The van der Waals surface area contributed by atoms with Crippen molar-refractivity contribution in [1.82, 2.24) is 16.0 Å². The Morgan fingerprint density at radius 1 is 1.00 bits per heavy atom. The second-order valence-corrected chi connectivity index (χ2v) is 15.8. The Kier molecular flexibility index (Phi) is 13.0. The Bertz CT molecular complexity index is 1600. The summed E-state index contributed by atoms with van der Waals surface area (Å²) < 4.78 is 17.5. The summed E-state index contributed by atoms with van der Waals surface area (Å²) in [5.74, 6) is -1.82. The maximum atomic E-state index is 13.9. The lowest BCUT2D eigenvalue weighted by Crippen LogP contribution is -2.58. The number of rotatable bonds is 8. The van der Waals surface area contributed by atoms with Gasteiger partial charge in [-0.25, -0.2) is 4.79 Å². The minimum absolute atomic E-state index is 0.0623. The van der Waals surface area contributed by atoms with Gasteiger partial charge in [0.05, 0.1) is 30.3 Å².